The zero-order valence-corrected chi connectivity index (χ0v) is 9.47. The van der Waals surface area contributed by atoms with Gasteiger partial charge in [-0.25, -0.2) is 0 Å². The lowest BCUT2D eigenvalue weighted by Crippen LogP contribution is -2.24. The highest BCUT2D eigenvalue weighted by molar-refractivity contribution is 4.82. The maximum Gasteiger partial charge on any atom is 0.160 e. The lowest BCUT2D eigenvalue weighted by Gasteiger charge is -2.12. The molecule has 0 radical (unpaired) electrons. The molecule has 1 rings (SSSR count). The Hall–Kier alpha value is -0.600. The van der Waals surface area contributed by atoms with Crippen molar-refractivity contribution in [1.82, 2.24) is 0 Å². The molecule has 4 nitrogen and oxygen atoms in total. The standard InChI is InChI=1S/C12H20O4/c1-2-3-4-5-6-7-15-12-8-10(14)11(9-13)16-12/h1,10-14H,3-9H2/t10?,11-,12-/m1/s1. The molecule has 0 aromatic carbocycles. The summed E-state index contributed by atoms with van der Waals surface area (Å²) in [4.78, 5) is 0. The molecule has 0 aliphatic carbocycles. The third kappa shape index (κ3) is 4.50. The van der Waals surface area contributed by atoms with Crippen molar-refractivity contribution in [2.24, 2.45) is 0 Å². The highest BCUT2D eigenvalue weighted by Gasteiger charge is 2.33. The number of unbranched alkanes of at least 4 members (excludes halogenated alkanes) is 3. The van der Waals surface area contributed by atoms with Crippen molar-refractivity contribution in [3.8, 4) is 12.3 Å². The summed E-state index contributed by atoms with van der Waals surface area (Å²) in [6.45, 7) is 0.448. The topological polar surface area (TPSA) is 58.9 Å². The molecule has 2 N–H and O–H groups in total. The Labute approximate surface area is 96.6 Å². The van der Waals surface area contributed by atoms with E-state index in [1.165, 1.54) is 0 Å². The number of rotatable bonds is 7. The predicted molar refractivity (Wildman–Crippen MR) is 59.6 cm³/mol. The molecule has 0 spiro atoms. The molecule has 0 saturated carbocycles. The summed E-state index contributed by atoms with van der Waals surface area (Å²) in [7, 11) is 0. The van der Waals surface area contributed by atoms with E-state index >= 15 is 0 Å². The van der Waals surface area contributed by atoms with Gasteiger partial charge < -0.3 is 19.7 Å². The Kier molecular flexibility index (Phi) is 6.43. The van der Waals surface area contributed by atoms with Gasteiger partial charge in [0.2, 0.25) is 0 Å². The quantitative estimate of drug-likeness (QED) is 0.496. The first-order chi connectivity index (χ1) is 7.77. The Morgan fingerprint density at radius 2 is 2.19 bits per heavy atom. The fourth-order valence-electron chi connectivity index (χ4n) is 1.68. The van der Waals surface area contributed by atoms with Crippen molar-refractivity contribution in [3.63, 3.8) is 0 Å². The van der Waals surface area contributed by atoms with E-state index in [9.17, 15) is 5.11 Å². The molecule has 0 aromatic heterocycles. The molecule has 0 bridgehead atoms. The van der Waals surface area contributed by atoms with E-state index in [1.54, 1.807) is 0 Å². The van der Waals surface area contributed by atoms with Gasteiger partial charge in [-0.1, -0.05) is 6.42 Å². The van der Waals surface area contributed by atoms with Crippen molar-refractivity contribution in [1.29, 1.82) is 0 Å². The molecule has 1 fully saturated rings. The van der Waals surface area contributed by atoms with Crippen molar-refractivity contribution < 1.29 is 19.7 Å². The summed E-state index contributed by atoms with van der Waals surface area (Å²) < 4.78 is 10.7. The van der Waals surface area contributed by atoms with Crippen molar-refractivity contribution in [2.75, 3.05) is 13.2 Å². The fourth-order valence-corrected chi connectivity index (χ4v) is 1.68. The molecule has 1 heterocycles. The van der Waals surface area contributed by atoms with E-state index in [-0.39, 0.29) is 12.9 Å². The first kappa shape index (κ1) is 13.5. The van der Waals surface area contributed by atoms with Crippen LogP contribution in [0.25, 0.3) is 0 Å². The summed E-state index contributed by atoms with van der Waals surface area (Å²) >= 11 is 0. The van der Waals surface area contributed by atoms with Crippen LogP contribution in [0.15, 0.2) is 0 Å². The van der Waals surface area contributed by atoms with Crippen LogP contribution in [0.3, 0.4) is 0 Å². The molecule has 92 valence electrons. The van der Waals surface area contributed by atoms with Gasteiger partial charge in [-0.2, -0.15) is 0 Å². The number of ether oxygens (including phenoxy) is 2. The molecular weight excluding hydrogens is 208 g/mol. The van der Waals surface area contributed by atoms with E-state index in [4.69, 9.17) is 21.0 Å². The minimum absolute atomic E-state index is 0.163. The van der Waals surface area contributed by atoms with E-state index < -0.39 is 12.2 Å². The van der Waals surface area contributed by atoms with Crippen LogP contribution in [0, 0.1) is 12.3 Å². The maximum atomic E-state index is 9.44. The normalized spacial score (nSPS) is 29.2. The number of aliphatic hydroxyl groups excluding tert-OH is 2. The van der Waals surface area contributed by atoms with Gasteiger partial charge in [0, 0.05) is 19.4 Å². The zero-order valence-electron chi connectivity index (χ0n) is 9.47. The zero-order chi connectivity index (χ0) is 11.8. The minimum atomic E-state index is -0.614. The van der Waals surface area contributed by atoms with E-state index in [2.05, 4.69) is 5.92 Å². The van der Waals surface area contributed by atoms with Gasteiger partial charge >= 0.3 is 0 Å². The first-order valence-electron chi connectivity index (χ1n) is 5.77. The molecule has 1 unspecified atom stereocenters. The van der Waals surface area contributed by atoms with Crippen molar-refractivity contribution in [2.45, 2.75) is 50.6 Å². The Bertz CT molecular complexity index is 224. The molecule has 16 heavy (non-hydrogen) atoms. The fraction of sp³-hybridized carbons (Fsp3) is 0.833. The second-order valence-corrected chi connectivity index (χ2v) is 3.98. The highest BCUT2D eigenvalue weighted by atomic mass is 16.7. The van der Waals surface area contributed by atoms with Gasteiger partial charge in [0.15, 0.2) is 6.29 Å². The van der Waals surface area contributed by atoms with Gasteiger partial charge in [-0.15, -0.1) is 12.3 Å². The van der Waals surface area contributed by atoms with Crippen LogP contribution >= 0.6 is 0 Å². The van der Waals surface area contributed by atoms with Crippen LogP contribution in [0.5, 0.6) is 0 Å². The highest BCUT2D eigenvalue weighted by Crippen LogP contribution is 2.21. The Morgan fingerprint density at radius 1 is 1.38 bits per heavy atom. The van der Waals surface area contributed by atoms with E-state index in [0.29, 0.717) is 13.0 Å². The molecule has 4 heteroatoms. The monoisotopic (exact) mass is 228 g/mol. The van der Waals surface area contributed by atoms with Gasteiger partial charge in [0.05, 0.1) is 12.7 Å². The largest absolute Gasteiger partial charge is 0.394 e. The molecular formula is C12H20O4. The summed E-state index contributed by atoms with van der Waals surface area (Å²) in [6.07, 6.45) is 7.91. The average Bonchev–Trinajstić information content (AvgIpc) is 2.64. The number of hydrogen-bond acceptors (Lipinski definition) is 4. The van der Waals surface area contributed by atoms with E-state index in [1.807, 2.05) is 0 Å². The maximum absolute atomic E-state index is 9.44. The predicted octanol–water partition coefficient (Wildman–Crippen LogP) is 0.665. The Balaban J connectivity index is 2.00. The average molecular weight is 228 g/mol. The van der Waals surface area contributed by atoms with E-state index in [0.717, 1.165) is 25.7 Å². The number of aliphatic hydroxyl groups is 2. The third-order valence-electron chi connectivity index (χ3n) is 2.64. The van der Waals surface area contributed by atoms with Crippen LogP contribution in [0.4, 0.5) is 0 Å². The van der Waals surface area contributed by atoms with Crippen LogP contribution in [-0.4, -0.2) is 41.9 Å². The van der Waals surface area contributed by atoms with Crippen LogP contribution in [0.2, 0.25) is 0 Å². The van der Waals surface area contributed by atoms with Gasteiger partial charge in [0.25, 0.3) is 0 Å². The molecule has 1 saturated heterocycles. The van der Waals surface area contributed by atoms with Crippen LogP contribution in [0.1, 0.15) is 32.1 Å². The molecule has 0 amide bonds. The number of terminal acetylenes is 1. The second kappa shape index (κ2) is 7.64. The van der Waals surface area contributed by atoms with Crippen LogP contribution in [-0.2, 0) is 9.47 Å². The Morgan fingerprint density at radius 3 is 2.81 bits per heavy atom. The van der Waals surface area contributed by atoms with Crippen LogP contribution < -0.4 is 0 Å². The molecule has 0 aromatic rings. The van der Waals surface area contributed by atoms with Gasteiger partial charge in [-0.05, 0) is 12.8 Å². The first-order valence-corrected chi connectivity index (χ1v) is 5.77. The second-order valence-electron chi connectivity index (χ2n) is 3.98. The molecule has 1 aliphatic heterocycles. The SMILES string of the molecule is C#CCCCCCO[C@H]1CC(O)[C@@H](CO)O1. The van der Waals surface area contributed by atoms with Crippen molar-refractivity contribution in [3.05, 3.63) is 0 Å². The smallest absolute Gasteiger partial charge is 0.160 e. The van der Waals surface area contributed by atoms with Gasteiger partial charge in [0.1, 0.15) is 6.10 Å². The van der Waals surface area contributed by atoms with Gasteiger partial charge in [-0.3, -0.25) is 0 Å². The molecule has 3 atom stereocenters. The summed E-state index contributed by atoms with van der Waals surface area (Å²) in [5, 5.41) is 18.3. The summed E-state index contributed by atoms with van der Waals surface area (Å²) in [6, 6.07) is 0. The molecule has 1 aliphatic rings. The third-order valence-corrected chi connectivity index (χ3v) is 2.64. The lowest BCUT2D eigenvalue weighted by atomic mass is 10.2. The lowest BCUT2D eigenvalue weighted by molar-refractivity contribution is -0.143. The summed E-state index contributed by atoms with van der Waals surface area (Å²) in [5.41, 5.74) is 0. The minimum Gasteiger partial charge on any atom is -0.394 e. The van der Waals surface area contributed by atoms with Crippen molar-refractivity contribution >= 4 is 0 Å². The number of hydrogen-bond donors (Lipinski definition) is 2. The summed E-state index contributed by atoms with van der Waals surface area (Å²) in [5.74, 6) is 2.59.